The molecule has 0 saturated carbocycles. The van der Waals surface area contributed by atoms with Crippen molar-refractivity contribution in [3.05, 3.63) is 42.4 Å². The third kappa shape index (κ3) is 3.51. The van der Waals surface area contributed by atoms with Crippen molar-refractivity contribution >= 4 is 6.03 Å². The minimum absolute atomic E-state index is 0.104. The molecule has 2 fully saturated rings. The summed E-state index contributed by atoms with van der Waals surface area (Å²) in [4.78, 5) is 19.3. The lowest BCUT2D eigenvalue weighted by atomic mass is 9.99. The second-order valence-corrected chi connectivity index (χ2v) is 6.76. The Labute approximate surface area is 147 Å². The van der Waals surface area contributed by atoms with Gasteiger partial charge in [-0.2, -0.15) is 5.10 Å². The minimum Gasteiger partial charge on any atom is -0.334 e. The van der Waals surface area contributed by atoms with Gasteiger partial charge in [-0.15, -0.1) is 0 Å². The van der Waals surface area contributed by atoms with Crippen molar-refractivity contribution < 1.29 is 4.79 Å². The molecule has 4 heterocycles. The molecule has 2 aliphatic heterocycles. The summed E-state index contributed by atoms with van der Waals surface area (Å²) in [6.07, 6.45) is 10.1. The fraction of sp³-hybridized carbons (Fsp3) is 0.500. The Morgan fingerprint density at radius 2 is 2.16 bits per heavy atom. The first kappa shape index (κ1) is 16.1. The summed E-state index contributed by atoms with van der Waals surface area (Å²) in [6, 6.07) is 6.36. The van der Waals surface area contributed by atoms with E-state index in [0.717, 1.165) is 24.3 Å². The Morgan fingerprint density at radius 1 is 1.20 bits per heavy atom. The van der Waals surface area contributed by atoms with Gasteiger partial charge in [-0.25, -0.2) is 14.5 Å². The molecule has 0 bridgehead atoms. The number of pyridine rings is 1. The zero-order chi connectivity index (χ0) is 17.1. The van der Waals surface area contributed by atoms with Gasteiger partial charge in [0.15, 0.2) is 5.82 Å². The molecule has 2 unspecified atom stereocenters. The number of hydrogen-bond donors (Lipinski definition) is 2. The van der Waals surface area contributed by atoms with Crippen molar-refractivity contribution in [2.24, 2.45) is 0 Å². The van der Waals surface area contributed by atoms with Crippen LogP contribution in [-0.2, 0) is 6.54 Å². The van der Waals surface area contributed by atoms with Crippen molar-refractivity contribution in [2.45, 2.75) is 44.3 Å². The number of rotatable bonds is 4. The van der Waals surface area contributed by atoms with Crippen LogP contribution in [-0.4, -0.2) is 50.9 Å². The van der Waals surface area contributed by atoms with E-state index in [1.165, 1.54) is 25.8 Å². The number of nitrogens with one attached hydrogen (secondary N) is 2. The van der Waals surface area contributed by atoms with Gasteiger partial charge in [0.05, 0.1) is 0 Å². The van der Waals surface area contributed by atoms with Crippen molar-refractivity contribution in [3.8, 4) is 5.82 Å². The third-order valence-corrected chi connectivity index (χ3v) is 5.20. The highest BCUT2D eigenvalue weighted by atomic mass is 16.2. The van der Waals surface area contributed by atoms with Gasteiger partial charge >= 0.3 is 6.03 Å². The number of urea groups is 1. The van der Waals surface area contributed by atoms with Gasteiger partial charge in [0.25, 0.3) is 0 Å². The molecule has 2 atom stereocenters. The molecule has 0 aliphatic carbocycles. The summed E-state index contributed by atoms with van der Waals surface area (Å²) in [5, 5.41) is 10.4. The second-order valence-electron chi connectivity index (χ2n) is 6.76. The quantitative estimate of drug-likeness (QED) is 0.888. The van der Waals surface area contributed by atoms with Crippen LogP contribution in [0.3, 0.4) is 0 Å². The van der Waals surface area contributed by atoms with Crippen LogP contribution in [0.25, 0.3) is 5.82 Å². The van der Waals surface area contributed by atoms with Crippen molar-refractivity contribution in [3.63, 3.8) is 0 Å². The van der Waals surface area contributed by atoms with Crippen LogP contribution in [0.5, 0.6) is 0 Å². The van der Waals surface area contributed by atoms with Crippen LogP contribution in [0.2, 0.25) is 0 Å². The van der Waals surface area contributed by atoms with Crippen LogP contribution in [0.1, 0.15) is 31.2 Å². The molecule has 2 aromatic heterocycles. The van der Waals surface area contributed by atoms with E-state index in [1.54, 1.807) is 17.1 Å². The van der Waals surface area contributed by atoms with E-state index in [4.69, 9.17) is 0 Å². The monoisotopic (exact) mass is 340 g/mol. The molecule has 7 nitrogen and oxygen atoms in total. The average molecular weight is 340 g/mol. The summed E-state index contributed by atoms with van der Waals surface area (Å²) >= 11 is 0. The zero-order valence-corrected chi connectivity index (χ0v) is 14.3. The minimum atomic E-state index is -0.104. The lowest BCUT2D eigenvalue weighted by Crippen LogP contribution is -2.49. The topological polar surface area (TPSA) is 75.1 Å². The largest absolute Gasteiger partial charge is 0.334 e. The SMILES string of the molecule is O=C(NCc1cccnc1-n1cccn1)NC1CCN2CCCCC12. The summed E-state index contributed by atoms with van der Waals surface area (Å²) in [6.45, 7) is 2.70. The van der Waals surface area contributed by atoms with Crippen LogP contribution < -0.4 is 10.6 Å². The normalized spacial score (nSPS) is 23.2. The first-order chi connectivity index (χ1) is 12.3. The standard InChI is InChI=1S/C18H24N6O/c25-18(22-15-7-12-23-10-2-1-6-16(15)23)20-13-14-5-3-8-19-17(14)24-11-4-9-21-24/h3-5,8-9,11,15-16H,1-2,6-7,10,12-13H2,(H2,20,22,25). The molecule has 0 spiro atoms. The molecule has 2 aromatic rings. The molecule has 2 N–H and O–H groups in total. The summed E-state index contributed by atoms with van der Waals surface area (Å²) < 4.78 is 1.71. The lowest BCUT2D eigenvalue weighted by Gasteiger charge is -2.32. The molecular formula is C18H24N6O. The molecule has 2 saturated heterocycles. The summed E-state index contributed by atoms with van der Waals surface area (Å²) in [7, 11) is 0. The smallest absolute Gasteiger partial charge is 0.315 e. The van der Waals surface area contributed by atoms with E-state index in [-0.39, 0.29) is 12.1 Å². The maximum atomic E-state index is 12.4. The van der Waals surface area contributed by atoms with E-state index in [0.29, 0.717) is 12.6 Å². The molecular weight excluding hydrogens is 316 g/mol. The first-order valence-electron chi connectivity index (χ1n) is 9.03. The molecule has 0 aromatic carbocycles. The van der Waals surface area contributed by atoms with E-state index in [2.05, 4.69) is 25.6 Å². The van der Waals surface area contributed by atoms with Crippen LogP contribution >= 0.6 is 0 Å². The van der Waals surface area contributed by atoms with Gasteiger partial charge in [0, 0.05) is 49.3 Å². The Kier molecular flexibility index (Phi) is 4.65. The maximum Gasteiger partial charge on any atom is 0.315 e. The number of piperidine rings is 1. The molecule has 2 aliphatic rings. The van der Waals surface area contributed by atoms with E-state index >= 15 is 0 Å². The third-order valence-electron chi connectivity index (χ3n) is 5.20. The van der Waals surface area contributed by atoms with Crippen molar-refractivity contribution in [2.75, 3.05) is 13.1 Å². The van der Waals surface area contributed by atoms with Gasteiger partial charge < -0.3 is 10.6 Å². The Balaban J connectivity index is 1.35. The first-order valence-corrected chi connectivity index (χ1v) is 9.03. The number of carbonyl (C=O) groups is 1. The fourth-order valence-electron chi connectivity index (χ4n) is 3.98. The van der Waals surface area contributed by atoms with Gasteiger partial charge in [-0.05, 0) is 37.9 Å². The average Bonchev–Trinajstić information content (AvgIpc) is 3.31. The van der Waals surface area contributed by atoms with Gasteiger partial charge in [-0.1, -0.05) is 12.5 Å². The number of fused-ring (bicyclic) bond motifs is 1. The highest BCUT2D eigenvalue weighted by Gasteiger charge is 2.36. The van der Waals surface area contributed by atoms with Gasteiger partial charge in [0.2, 0.25) is 0 Å². The molecule has 0 radical (unpaired) electrons. The van der Waals surface area contributed by atoms with Crippen LogP contribution in [0.15, 0.2) is 36.8 Å². The number of aromatic nitrogens is 3. The summed E-state index contributed by atoms with van der Waals surface area (Å²) in [5.41, 5.74) is 0.937. The zero-order valence-electron chi connectivity index (χ0n) is 14.3. The number of hydrogen-bond acceptors (Lipinski definition) is 4. The molecule has 132 valence electrons. The predicted molar refractivity (Wildman–Crippen MR) is 94.3 cm³/mol. The van der Waals surface area contributed by atoms with Gasteiger partial charge in [-0.3, -0.25) is 4.90 Å². The fourth-order valence-corrected chi connectivity index (χ4v) is 3.98. The molecule has 2 amide bonds. The molecule has 7 heteroatoms. The highest BCUT2D eigenvalue weighted by molar-refractivity contribution is 5.74. The van der Waals surface area contributed by atoms with Crippen LogP contribution in [0.4, 0.5) is 4.79 Å². The number of amides is 2. The highest BCUT2D eigenvalue weighted by Crippen LogP contribution is 2.27. The van der Waals surface area contributed by atoms with E-state index in [1.807, 2.05) is 24.4 Å². The molecule has 4 rings (SSSR count). The second kappa shape index (κ2) is 7.23. The lowest BCUT2D eigenvalue weighted by molar-refractivity contribution is 0.179. The number of nitrogens with zero attached hydrogens (tertiary/aromatic N) is 4. The predicted octanol–water partition coefficient (Wildman–Crippen LogP) is 1.69. The van der Waals surface area contributed by atoms with Crippen LogP contribution in [0, 0.1) is 0 Å². The summed E-state index contributed by atoms with van der Waals surface area (Å²) in [5.74, 6) is 0.743. The van der Waals surface area contributed by atoms with E-state index in [9.17, 15) is 4.79 Å². The number of carbonyl (C=O) groups excluding carboxylic acids is 1. The maximum absolute atomic E-state index is 12.4. The van der Waals surface area contributed by atoms with E-state index < -0.39 is 0 Å². The Bertz CT molecular complexity index is 716. The van der Waals surface area contributed by atoms with Crippen molar-refractivity contribution in [1.29, 1.82) is 0 Å². The Hall–Kier alpha value is -2.41. The molecule has 25 heavy (non-hydrogen) atoms. The van der Waals surface area contributed by atoms with Crippen molar-refractivity contribution in [1.82, 2.24) is 30.3 Å². The van der Waals surface area contributed by atoms with Gasteiger partial charge in [0.1, 0.15) is 0 Å². The Morgan fingerprint density at radius 3 is 3.04 bits per heavy atom.